The normalized spacial score (nSPS) is 23.4. The third-order valence-electron chi connectivity index (χ3n) is 7.11. The Bertz CT molecular complexity index is 1110. The molecule has 3 aromatic rings. The van der Waals surface area contributed by atoms with Gasteiger partial charge in [0.05, 0.1) is 30.8 Å². The molecule has 1 saturated carbocycles. The molecule has 0 amide bonds. The van der Waals surface area contributed by atoms with Crippen molar-refractivity contribution >= 4 is 10.9 Å². The van der Waals surface area contributed by atoms with Crippen molar-refractivity contribution in [1.29, 1.82) is 0 Å². The van der Waals surface area contributed by atoms with Gasteiger partial charge in [0, 0.05) is 18.4 Å². The lowest BCUT2D eigenvalue weighted by Crippen LogP contribution is -3.14. The number of pyridine rings is 1. The summed E-state index contributed by atoms with van der Waals surface area (Å²) in [6.45, 7) is 3.71. The van der Waals surface area contributed by atoms with E-state index in [-0.39, 0.29) is 17.7 Å². The molecule has 2 aliphatic rings. The predicted molar refractivity (Wildman–Crippen MR) is 117 cm³/mol. The average molecular weight is 424 g/mol. The third-order valence-corrected chi connectivity index (χ3v) is 7.11. The summed E-state index contributed by atoms with van der Waals surface area (Å²) in [6, 6.07) is 8.29. The monoisotopic (exact) mass is 423 g/mol. The molecular formula is C23H31N6O2+. The van der Waals surface area contributed by atoms with E-state index in [1.165, 1.54) is 23.3 Å². The molecule has 1 aromatic carbocycles. The van der Waals surface area contributed by atoms with Gasteiger partial charge in [-0.3, -0.25) is 4.79 Å². The second-order valence-corrected chi connectivity index (χ2v) is 9.07. The Balaban J connectivity index is 1.63. The first-order chi connectivity index (χ1) is 15.1. The topological polar surface area (TPSA) is 101 Å². The number of aromatic nitrogens is 5. The van der Waals surface area contributed by atoms with Crippen LogP contribution >= 0.6 is 0 Å². The average Bonchev–Trinajstić information content (AvgIpc) is 3.47. The number of rotatable bonds is 5. The molecule has 1 saturated heterocycles. The van der Waals surface area contributed by atoms with Crippen LogP contribution in [0.15, 0.2) is 29.1 Å². The van der Waals surface area contributed by atoms with Crippen molar-refractivity contribution in [2.24, 2.45) is 0 Å². The summed E-state index contributed by atoms with van der Waals surface area (Å²) in [5.41, 5.74) is 2.72. The van der Waals surface area contributed by atoms with Crippen molar-refractivity contribution in [1.82, 2.24) is 25.2 Å². The number of likely N-dealkylation sites (tertiary alicyclic amines) is 1. The number of benzene rings is 1. The van der Waals surface area contributed by atoms with Gasteiger partial charge in [-0.1, -0.05) is 25.8 Å². The number of nitrogens with one attached hydrogen (secondary N) is 2. The first kappa shape index (κ1) is 20.3. The number of nitrogens with zero attached hydrogens (tertiary/aromatic N) is 4. The molecule has 3 heterocycles. The first-order valence-electron chi connectivity index (χ1n) is 11.6. The number of aliphatic hydroxyl groups excluding tert-OH is 1. The van der Waals surface area contributed by atoms with Crippen LogP contribution < -0.4 is 10.5 Å². The molecule has 1 aliphatic carbocycles. The number of hydrogen-bond acceptors (Lipinski definition) is 5. The van der Waals surface area contributed by atoms with Gasteiger partial charge < -0.3 is 15.0 Å². The molecule has 164 valence electrons. The molecule has 8 nitrogen and oxygen atoms in total. The Hall–Kier alpha value is -2.58. The molecule has 31 heavy (non-hydrogen) atoms. The van der Waals surface area contributed by atoms with Crippen LogP contribution in [0.25, 0.3) is 10.9 Å². The van der Waals surface area contributed by atoms with Gasteiger partial charge in [-0.05, 0) is 58.8 Å². The summed E-state index contributed by atoms with van der Waals surface area (Å²) in [4.78, 5) is 17.6. The maximum atomic E-state index is 13.3. The highest BCUT2D eigenvalue weighted by Crippen LogP contribution is 2.31. The van der Waals surface area contributed by atoms with E-state index in [4.69, 9.17) is 0 Å². The number of H-pyrrole nitrogens is 1. The molecule has 5 rings (SSSR count). The van der Waals surface area contributed by atoms with Crippen LogP contribution in [0.3, 0.4) is 0 Å². The summed E-state index contributed by atoms with van der Waals surface area (Å²) >= 11 is 0. The molecule has 3 N–H and O–H groups in total. The largest absolute Gasteiger partial charge is 0.393 e. The highest BCUT2D eigenvalue weighted by Gasteiger charge is 2.37. The van der Waals surface area contributed by atoms with E-state index >= 15 is 0 Å². The zero-order valence-electron chi connectivity index (χ0n) is 18.0. The number of fused-ring (bicyclic) bond motifs is 1. The third kappa shape index (κ3) is 3.90. The van der Waals surface area contributed by atoms with Gasteiger partial charge in [0.2, 0.25) is 5.82 Å². The molecule has 0 unspecified atom stereocenters. The van der Waals surface area contributed by atoms with Crippen molar-refractivity contribution in [3.05, 3.63) is 51.6 Å². The Labute approximate surface area is 181 Å². The summed E-state index contributed by atoms with van der Waals surface area (Å²) in [7, 11) is 0. The molecule has 2 fully saturated rings. The molecule has 2 aromatic heterocycles. The van der Waals surface area contributed by atoms with Gasteiger partial charge in [-0.25, -0.2) is 4.68 Å². The molecule has 1 atom stereocenters. The van der Waals surface area contributed by atoms with Crippen LogP contribution in [-0.4, -0.2) is 49.5 Å². The lowest BCUT2D eigenvalue weighted by atomic mass is 9.98. The quantitative estimate of drug-likeness (QED) is 0.575. The predicted octanol–water partition coefficient (Wildman–Crippen LogP) is 1.32. The molecule has 8 heteroatoms. The lowest BCUT2D eigenvalue weighted by Gasteiger charge is -2.32. The number of tetrazole rings is 1. The smallest absolute Gasteiger partial charge is 0.258 e. The molecule has 1 aliphatic heterocycles. The number of aliphatic hydroxyl groups is 1. The van der Waals surface area contributed by atoms with Gasteiger partial charge in [-0.15, -0.1) is 5.10 Å². The number of aryl methyl sites for hydroxylation is 1. The second kappa shape index (κ2) is 8.51. The molecular weight excluding hydrogens is 392 g/mol. The van der Waals surface area contributed by atoms with E-state index in [9.17, 15) is 9.90 Å². The SMILES string of the molecule is CCc1ccc2[nH]c(=O)c([C@H](c3nnnn3C3CCCC3)[NH+]3CCC(O)CC3)cc2c1. The highest BCUT2D eigenvalue weighted by atomic mass is 16.3. The van der Waals surface area contributed by atoms with Crippen LogP contribution in [0.1, 0.15) is 74.5 Å². The van der Waals surface area contributed by atoms with Gasteiger partial charge >= 0.3 is 0 Å². The maximum Gasteiger partial charge on any atom is 0.258 e. The summed E-state index contributed by atoms with van der Waals surface area (Å²) in [5.74, 6) is 0.773. The fourth-order valence-electron chi connectivity index (χ4n) is 5.31. The minimum absolute atomic E-state index is 0.0821. The Morgan fingerprint density at radius 3 is 2.71 bits per heavy atom. The molecule has 0 radical (unpaired) electrons. The number of quaternary nitrogens is 1. The summed E-state index contributed by atoms with van der Waals surface area (Å²) in [5, 5.41) is 23.9. The maximum absolute atomic E-state index is 13.3. The number of piperidine rings is 1. The number of aromatic amines is 1. The number of hydrogen-bond donors (Lipinski definition) is 3. The van der Waals surface area contributed by atoms with Crippen molar-refractivity contribution in [2.45, 2.75) is 70.1 Å². The van der Waals surface area contributed by atoms with Gasteiger partial charge in [0.1, 0.15) is 0 Å². The highest BCUT2D eigenvalue weighted by molar-refractivity contribution is 5.79. The van der Waals surface area contributed by atoms with Crippen molar-refractivity contribution in [2.75, 3.05) is 13.1 Å². The van der Waals surface area contributed by atoms with Crippen LogP contribution in [0.4, 0.5) is 0 Å². The van der Waals surface area contributed by atoms with Gasteiger partial charge in [0.15, 0.2) is 6.04 Å². The lowest BCUT2D eigenvalue weighted by molar-refractivity contribution is -0.932. The van der Waals surface area contributed by atoms with Crippen LogP contribution in [0, 0.1) is 0 Å². The van der Waals surface area contributed by atoms with Crippen molar-refractivity contribution in [3.63, 3.8) is 0 Å². The zero-order chi connectivity index (χ0) is 21.4. The standard InChI is InChI=1S/C23H30N6O2/c1-2-15-7-8-20-16(13-15)14-19(23(31)24-20)21(28-11-9-18(30)10-12-28)22-25-26-27-29(22)17-5-3-4-6-17/h7-8,13-14,17-18,21,30H,2-6,9-12H2,1H3,(H,24,31)/p+1/t21-/m1/s1. The van der Waals surface area contributed by atoms with Crippen LogP contribution in [0.2, 0.25) is 0 Å². The summed E-state index contributed by atoms with van der Waals surface area (Å²) in [6.07, 6.45) is 6.66. The Kier molecular flexibility index (Phi) is 5.58. The van der Waals surface area contributed by atoms with Crippen LogP contribution in [0.5, 0.6) is 0 Å². The second-order valence-electron chi connectivity index (χ2n) is 9.07. The minimum atomic E-state index is -0.266. The van der Waals surface area contributed by atoms with Gasteiger partial charge in [-0.2, -0.15) is 0 Å². The minimum Gasteiger partial charge on any atom is -0.393 e. The van der Waals surface area contributed by atoms with Crippen molar-refractivity contribution in [3.8, 4) is 0 Å². The fourth-order valence-corrected chi connectivity index (χ4v) is 5.31. The van der Waals surface area contributed by atoms with Gasteiger partial charge in [0.25, 0.3) is 5.56 Å². The fraction of sp³-hybridized carbons (Fsp3) is 0.565. The van der Waals surface area contributed by atoms with Crippen molar-refractivity contribution < 1.29 is 10.0 Å². The van der Waals surface area contributed by atoms with E-state index < -0.39 is 0 Å². The van der Waals surface area contributed by atoms with E-state index in [0.29, 0.717) is 11.6 Å². The van der Waals surface area contributed by atoms with E-state index in [0.717, 1.165) is 61.9 Å². The first-order valence-corrected chi connectivity index (χ1v) is 11.6. The van der Waals surface area contributed by atoms with E-state index in [2.05, 4.69) is 39.6 Å². The Morgan fingerprint density at radius 2 is 1.97 bits per heavy atom. The van der Waals surface area contributed by atoms with E-state index in [1.807, 2.05) is 16.8 Å². The Morgan fingerprint density at radius 1 is 1.19 bits per heavy atom. The van der Waals surface area contributed by atoms with Crippen LogP contribution in [-0.2, 0) is 6.42 Å². The van der Waals surface area contributed by atoms with E-state index in [1.54, 1.807) is 0 Å². The molecule has 0 bridgehead atoms. The molecule has 0 spiro atoms. The summed E-state index contributed by atoms with van der Waals surface area (Å²) < 4.78 is 1.97. The zero-order valence-corrected chi connectivity index (χ0v) is 18.0.